The van der Waals surface area contributed by atoms with Gasteiger partial charge in [-0.3, -0.25) is 0 Å². The molecule has 0 N–H and O–H groups in total. The van der Waals surface area contributed by atoms with E-state index in [0.29, 0.717) is 5.69 Å². The van der Waals surface area contributed by atoms with Crippen molar-refractivity contribution < 1.29 is 9.53 Å². The number of nitriles is 1. The Balaban J connectivity index is 2.88. The van der Waals surface area contributed by atoms with E-state index in [1.54, 1.807) is 13.0 Å². The highest BCUT2D eigenvalue weighted by atomic mass is 16.5. The number of nitrogens with zero attached hydrogens (tertiary/aromatic N) is 3. The van der Waals surface area contributed by atoms with Crippen molar-refractivity contribution in [3.05, 3.63) is 29.3 Å². The molecule has 0 heterocycles. The van der Waals surface area contributed by atoms with Crippen LogP contribution in [-0.2, 0) is 9.53 Å². The summed E-state index contributed by atoms with van der Waals surface area (Å²) in [7, 11) is 0. The van der Waals surface area contributed by atoms with Crippen molar-refractivity contribution in [2.24, 2.45) is 10.2 Å². The summed E-state index contributed by atoms with van der Waals surface area (Å²) in [5.41, 5.74) is 2.63. The Labute approximate surface area is 106 Å². The molecular formula is C13H15N3O2. The highest BCUT2D eigenvalue weighted by molar-refractivity contribution is 5.79. The van der Waals surface area contributed by atoms with Gasteiger partial charge in [0.25, 0.3) is 6.04 Å². The average Bonchev–Trinajstić information content (AvgIpc) is 2.34. The van der Waals surface area contributed by atoms with E-state index in [1.807, 2.05) is 32.0 Å². The molecule has 5 heteroatoms. The van der Waals surface area contributed by atoms with E-state index in [-0.39, 0.29) is 6.61 Å². The Morgan fingerprint density at radius 1 is 1.50 bits per heavy atom. The standard InChI is InChI=1S/C13H15N3O2/c1-4-18-13(17)12(8-14)16-15-11-7-9(2)5-6-10(11)3/h5-7,12H,4H2,1-3H3. The highest BCUT2D eigenvalue weighted by Crippen LogP contribution is 2.20. The van der Waals surface area contributed by atoms with Gasteiger partial charge in [-0.15, -0.1) is 0 Å². The highest BCUT2D eigenvalue weighted by Gasteiger charge is 2.18. The largest absolute Gasteiger partial charge is 0.464 e. The van der Waals surface area contributed by atoms with Gasteiger partial charge in [-0.1, -0.05) is 12.1 Å². The predicted octanol–water partition coefficient (Wildman–Crippen LogP) is 2.84. The lowest BCUT2D eigenvalue weighted by Gasteiger charge is -2.03. The van der Waals surface area contributed by atoms with Gasteiger partial charge in [0.05, 0.1) is 12.3 Å². The number of hydrogen-bond donors (Lipinski definition) is 0. The van der Waals surface area contributed by atoms with Gasteiger partial charge in [0.15, 0.2) is 0 Å². The second-order valence-corrected chi connectivity index (χ2v) is 3.79. The van der Waals surface area contributed by atoms with E-state index in [2.05, 4.69) is 10.2 Å². The van der Waals surface area contributed by atoms with Crippen molar-refractivity contribution in [3.63, 3.8) is 0 Å². The van der Waals surface area contributed by atoms with E-state index in [0.717, 1.165) is 11.1 Å². The first-order valence-corrected chi connectivity index (χ1v) is 5.62. The molecule has 0 aliphatic carbocycles. The Kier molecular flexibility index (Phi) is 5.00. The van der Waals surface area contributed by atoms with E-state index in [9.17, 15) is 4.79 Å². The summed E-state index contributed by atoms with van der Waals surface area (Å²) in [6, 6.07) is 6.27. The normalized spacial score (nSPS) is 12.1. The molecule has 0 radical (unpaired) electrons. The first kappa shape index (κ1) is 13.8. The van der Waals surface area contributed by atoms with Crippen molar-refractivity contribution in [3.8, 4) is 6.07 Å². The van der Waals surface area contributed by atoms with Crippen LogP contribution in [0.2, 0.25) is 0 Å². The maximum Gasteiger partial charge on any atom is 0.347 e. The van der Waals surface area contributed by atoms with Gasteiger partial charge in [-0.2, -0.15) is 15.5 Å². The average molecular weight is 245 g/mol. The number of carbonyl (C=O) groups excluding carboxylic acids is 1. The Bertz CT molecular complexity index is 503. The fourth-order valence-corrected chi connectivity index (χ4v) is 1.29. The molecule has 1 aromatic rings. The van der Waals surface area contributed by atoms with Crippen LogP contribution >= 0.6 is 0 Å². The van der Waals surface area contributed by atoms with Crippen LogP contribution in [0.25, 0.3) is 0 Å². The Morgan fingerprint density at radius 2 is 2.22 bits per heavy atom. The third-order valence-electron chi connectivity index (χ3n) is 2.28. The molecule has 5 nitrogen and oxygen atoms in total. The van der Waals surface area contributed by atoms with Gasteiger partial charge in [0.2, 0.25) is 0 Å². The van der Waals surface area contributed by atoms with Gasteiger partial charge in [-0.05, 0) is 38.0 Å². The number of carbonyl (C=O) groups is 1. The summed E-state index contributed by atoms with van der Waals surface area (Å²) < 4.78 is 4.72. The molecule has 94 valence electrons. The smallest absolute Gasteiger partial charge is 0.347 e. The van der Waals surface area contributed by atoms with Crippen LogP contribution in [0.3, 0.4) is 0 Å². The Hall–Kier alpha value is -2.22. The van der Waals surface area contributed by atoms with Crippen LogP contribution in [-0.4, -0.2) is 18.6 Å². The van der Waals surface area contributed by atoms with Crippen LogP contribution in [0.4, 0.5) is 5.69 Å². The number of ether oxygens (including phenoxy) is 1. The lowest BCUT2D eigenvalue weighted by atomic mass is 10.1. The molecule has 0 aromatic heterocycles. The number of azo groups is 1. The lowest BCUT2D eigenvalue weighted by molar-refractivity contribution is -0.143. The second kappa shape index (κ2) is 6.50. The Morgan fingerprint density at radius 3 is 2.83 bits per heavy atom. The molecular weight excluding hydrogens is 230 g/mol. The van der Waals surface area contributed by atoms with Crippen molar-refractivity contribution in [1.29, 1.82) is 5.26 Å². The van der Waals surface area contributed by atoms with E-state index < -0.39 is 12.0 Å². The number of esters is 1. The summed E-state index contributed by atoms with van der Waals surface area (Å²) in [6.07, 6.45) is 0. The molecule has 0 spiro atoms. The zero-order chi connectivity index (χ0) is 13.5. The number of aryl methyl sites for hydroxylation is 2. The summed E-state index contributed by atoms with van der Waals surface area (Å²) >= 11 is 0. The van der Waals surface area contributed by atoms with Crippen LogP contribution in [0.5, 0.6) is 0 Å². The summed E-state index contributed by atoms with van der Waals surface area (Å²) in [5.74, 6) is -0.672. The molecule has 0 amide bonds. The SMILES string of the molecule is CCOC(=O)C(C#N)N=Nc1cc(C)ccc1C. The fraction of sp³-hybridized carbons (Fsp3) is 0.385. The fourth-order valence-electron chi connectivity index (χ4n) is 1.29. The van der Waals surface area contributed by atoms with Gasteiger partial charge < -0.3 is 4.74 Å². The van der Waals surface area contributed by atoms with Gasteiger partial charge >= 0.3 is 5.97 Å². The van der Waals surface area contributed by atoms with Crippen LogP contribution in [0.15, 0.2) is 28.4 Å². The molecule has 1 aromatic carbocycles. The number of benzene rings is 1. The van der Waals surface area contributed by atoms with Gasteiger partial charge in [-0.25, -0.2) is 4.79 Å². The molecule has 1 rings (SSSR count). The third kappa shape index (κ3) is 3.67. The van der Waals surface area contributed by atoms with E-state index >= 15 is 0 Å². The number of hydrogen-bond acceptors (Lipinski definition) is 5. The first-order valence-electron chi connectivity index (χ1n) is 5.62. The topological polar surface area (TPSA) is 74.8 Å². The molecule has 1 atom stereocenters. The molecule has 0 saturated carbocycles. The molecule has 1 unspecified atom stereocenters. The molecule has 0 aliphatic rings. The van der Waals surface area contributed by atoms with Crippen molar-refractivity contribution in [2.75, 3.05) is 6.61 Å². The third-order valence-corrected chi connectivity index (χ3v) is 2.28. The zero-order valence-electron chi connectivity index (χ0n) is 10.7. The molecule has 0 saturated heterocycles. The van der Waals surface area contributed by atoms with E-state index in [4.69, 9.17) is 10.00 Å². The summed E-state index contributed by atoms with van der Waals surface area (Å²) in [6.45, 7) is 5.72. The quantitative estimate of drug-likeness (QED) is 0.604. The van der Waals surface area contributed by atoms with Gasteiger partial charge in [0.1, 0.15) is 6.07 Å². The minimum absolute atomic E-state index is 0.218. The van der Waals surface area contributed by atoms with Crippen molar-refractivity contribution in [2.45, 2.75) is 26.8 Å². The maximum absolute atomic E-state index is 11.3. The summed E-state index contributed by atoms with van der Waals surface area (Å²) in [5, 5.41) is 16.5. The molecule has 18 heavy (non-hydrogen) atoms. The predicted molar refractivity (Wildman–Crippen MR) is 66.5 cm³/mol. The van der Waals surface area contributed by atoms with Crippen LogP contribution in [0.1, 0.15) is 18.1 Å². The van der Waals surface area contributed by atoms with Crippen LogP contribution in [0, 0.1) is 25.2 Å². The second-order valence-electron chi connectivity index (χ2n) is 3.79. The minimum atomic E-state index is -1.20. The lowest BCUT2D eigenvalue weighted by Crippen LogP contribution is -2.19. The van der Waals surface area contributed by atoms with Crippen molar-refractivity contribution in [1.82, 2.24) is 0 Å². The molecule has 0 aliphatic heterocycles. The maximum atomic E-state index is 11.3. The summed E-state index contributed by atoms with van der Waals surface area (Å²) in [4.78, 5) is 11.3. The van der Waals surface area contributed by atoms with Crippen LogP contribution < -0.4 is 0 Å². The monoisotopic (exact) mass is 245 g/mol. The first-order chi connectivity index (χ1) is 8.58. The molecule has 0 bridgehead atoms. The van der Waals surface area contributed by atoms with Crippen molar-refractivity contribution >= 4 is 11.7 Å². The van der Waals surface area contributed by atoms with E-state index in [1.165, 1.54) is 0 Å². The zero-order valence-corrected chi connectivity index (χ0v) is 10.7. The molecule has 0 fully saturated rings. The van der Waals surface area contributed by atoms with Gasteiger partial charge in [0, 0.05) is 0 Å². The number of rotatable bonds is 4. The minimum Gasteiger partial charge on any atom is -0.464 e.